The minimum Gasteiger partial charge on any atom is -0.475 e. The topological polar surface area (TPSA) is 84.1 Å². The third-order valence-corrected chi connectivity index (χ3v) is 4.67. The summed E-state index contributed by atoms with van der Waals surface area (Å²) in [7, 11) is 1.77. The minimum atomic E-state index is -0.692. The van der Waals surface area contributed by atoms with E-state index in [4.69, 9.17) is 9.47 Å². The molecule has 0 radical (unpaired) electrons. The molecule has 0 fully saturated rings. The van der Waals surface area contributed by atoms with Crippen LogP contribution in [0.5, 0.6) is 17.5 Å². The fourth-order valence-corrected chi connectivity index (χ4v) is 3.10. The summed E-state index contributed by atoms with van der Waals surface area (Å²) in [5.74, 6) is 0.199. The van der Waals surface area contributed by atoms with Crippen LogP contribution in [0.15, 0.2) is 65.8 Å². The monoisotopic (exact) mass is 435 g/mol. The minimum absolute atomic E-state index is 0.176. The van der Waals surface area contributed by atoms with Crippen molar-refractivity contribution in [1.82, 2.24) is 24.3 Å². The lowest BCUT2D eigenvalue weighted by atomic mass is 10.1. The van der Waals surface area contributed by atoms with E-state index in [1.165, 1.54) is 4.57 Å². The summed E-state index contributed by atoms with van der Waals surface area (Å²) in [6.07, 6.45) is 4.98. The largest absolute Gasteiger partial charge is 0.475 e. The summed E-state index contributed by atoms with van der Waals surface area (Å²) in [6, 6.07) is 13.0. The molecule has 0 unspecified atom stereocenters. The van der Waals surface area contributed by atoms with E-state index in [1.54, 1.807) is 30.2 Å². The maximum absolute atomic E-state index is 14.4. The number of nitrogens with zero attached hydrogens (tertiary/aromatic N) is 5. The smallest absolute Gasteiger partial charge is 0.351 e. The molecule has 0 aliphatic rings. The fourth-order valence-electron chi connectivity index (χ4n) is 3.10. The van der Waals surface area contributed by atoms with Gasteiger partial charge >= 0.3 is 5.69 Å². The first kappa shape index (κ1) is 21.2. The lowest BCUT2D eigenvalue weighted by Gasteiger charge is -2.09. The highest BCUT2D eigenvalue weighted by Gasteiger charge is 2.11. The number of aryl methyl sites for hydroxylation is 2. The second-order valence-corrected chi connectivity index (χ2v) is 7.29. The predicted octanol–water partition coefficient (Wildman–Crippen LogP) is 3.28. The van der Waals surface area contributed by atoms with E-state index in [1.807, 2.05) is 43.3 Å². The van der Waals surface area contributed by atoms with E-state index < -0.39 is 11.5 Å². The third kappa shape index (κ3) is 5.37. The van der Waals surface area contributed by atoms with Crippen LogP contribution < -0.4 is 15.2 Å². The van der Waals surface area contributed by atoms with Gasteiger partial charge in [-0.1, -0.05) is 18.2 Å². The van der Waals surface area contributed by atoms with Crippen molar-refractivity contribution >= 4 is 0 Å². The zero-order chi connectivity index (χ0) is 22.5. The summed E-state index contributed by atoms with van der Waals surface area (Å²) >= 11 is 0. The number of hydrogen-bond acceptors (Lipinski definition) is 6. The van der Waals surface area contributed by atoms with Crippen molar-refractivity contribution in [2.45, 2.75) is 19.9 Å². The van der Waals surface area contributed by atoms with Gasteiger partial charge in [0.05, 0.1) is 25.5 Å². The standard InChI is InChI=1S/C23H22FN5O3/c1-16-4-3-5-21(26-16)32-19-8-6-17(7-9-19)10-11-31-22-20(24)15-29(23(30)27-22)14-18-12-25-28(2)13-18/h3-9,12-13,15H,10-11,14H2,1-2H3. The number of pyridine rings is 1. The van der Waals surface area contributed by atoms with Crippen LogP contribution in [0.2, 0.25) is 0 Å². The first-order chi connectivity index (χ1) is 15.5. The summed E-state index contributed by atoms with van der Waals surface area (Å²) in [6.45, 7) is 2.26. The number of aromatic nitrogens is 5. The zero-order valence-corrected chi connectivity index (χ0v) is 17.7. The highest BCUT2D eigenvalue weighted by atomic mass is 19.1. The van der Waals surface area contributed by atoms with Gasteiger partial charge < -0.3 is 9.47 Å². The third-order valence-electron chi connectivity index (χ3n) is 4.67. The summed E-state index contributed by atoms with van der Waals surface area (Å²) in [4.78, 5) is 20.2. The second kappa shape index (κ2) is 9.42. The van der Waals surface area contributed by atoms with Crippen LogP contribution in [0.1, 0.15) is 16.8 Å². The van der Waals surface area contributed by atoms with E-state index in [0.717, 1.165) is 23.0 Å². The number of benzene rings is 1. The lowest BCUT2D eigenvalue weighted by Crippen LogP contribution is -2.24. The Morgan fingerprint density at radius 1 is 1.03 bits per heavy atom. The molecule has 4 aromatic rings. The average molecular weight is 435 g/mol. The second-order valence-electron chi connectivity index (χ2n) is 7.29. The molecule has 0 spiro atoms. The molecule has 0 saturated heterocycles. The quantitative estimate of drug-likeness (QED) is 0.422. The van der Waals surface area contributed by atoms with Crippen LogP contribution in [0, 0.1) is 12.7 Å². The number of hydrogen-bond donors (Lipinski definition) is 0. The summed E-state index contributed by atoms with van der Waals surface area (Å²) in [5.41, 5.74) is 2.04. The van der Waals surface area contributed by atoms with Crippen molar-refractivity contribution in [2.24, 2.45) is 7.05 Å². The van der Waals surface area contributed by atoms with Gasteiger partial charge in [-0.25, -0.2) is 9.78 Å². The Morgan fingerprint density at radius 2 is 1.84 bits per heavy atom. The molecule has 164 valence electrons. The van der Waals surface area contributed by atoms with Crippen molar-refractivity contribution in [3.05, 3.63) is 94.2 Å². The molecular formula is C23H22FN5O3. The van der Waals surface area contributed by atoms with Gasteiger partial charge in [0.15, 0.2) is 0 Å². The average Bonchev–Trinajstić information content (AvgIpc) is 3.17. The van der Waals surface area contributed by atoms with Gasteiger partial charge in [0.25, 0.3) is 5.88 Å². The molecule has 32 heavy (non-hydrogen) atoms. The van der Waals surface area contributed by atoms with Crippen LogP contribution in [0.25, 0.3) is 0 Å². The molecule has 1 aromatic carbocycles. The molecule has 3 heterocycles. The highest BCUT2D eigenvalue weighted by molar-refractivity contribution is 5.31. The maximum atomic E-state index is 14.4. The van der Waals surface area contributed by atoms with Crippen molar-refractivity contribution in [2.75, 3.05) is 6.61 Å². The van der Waals surface area contributed by atoms with Gasteiger partial charge in [0, 0.05) is 37.0 Å². The van der Waals surface area contributed by atoms with Gasteiger partial charge in [-0.3, -0.25) is 9.25 Å². The maximum Gasteiger partial charge on any atom is 0.351 e. The Hall–Kier alpha value is -4.01. The van der Waals surface area contributed by atoms with Crippen LogP contribution in [0.3, 0.4) is 0 Å². The Bertz CT molecular complexity index is 1270. The first-order valence-electron chi connectivity index (χ1n) is 10.0. The molecule has 4 rings (SSSR count). The molecule has 0 saturated carbocycles. The molecule has 0 atom stereocenters. The SMILES string of the molecule is Cc1cccc(Oc2ccc(CCOc3nc(=O)n(Cc4cnn(C)c4)cc3F)cc2)n1. The van der Waals surface area contributed by atoms with Crippen molar-refractivity contribution in [3.63, 3.8) is 0 Å². The molecule has 0 N–H and O–H groups in total. The molecule has 0 bridgehead atoms. The van der Waals surface area contributed by atoms with E-state index in [9.17, 15) is 9.18 Å². The number of rotatable bonds is 8. The Balaban J connectivity index is 1.33. The molecule has 9 heteroatoms. The van der Waals surface area contributed by atoms with Crippen molar-refractivity contribution < 1.29 is 13.9 Å². The number of ether oxygens (including phenoxy) is 2. The summed E-state index contributed by atoms with van der Waals surface area (Å²) < 4.78 is 28.3. The van der Waals surface area contributed by atoms with Crippen molar-refractivity contribution in [1.29, 1.82) is 0 Å². The van der Waals surface area contributed by atoms with Gasteiger partial charge in [0.2, 0.25) is 11.7 Å². The first-order valence-corrected chi connectivity index (χ1v) is 10.0. The van der Waals surface area contributed by atoms with Gasteiger partial charge in [-0.05, 0) is 30.7 Å². The van der Waals surface area contributed by atoms with E-state index >= 15 is 0 Å². The molecule has 0 aliphatic carbocycles. The highest BCUT2D eigenvalue weighted by Crippen LogP contribution is 2.20. The fraction of sp³-hybridized carbons (Fsp3) is 0.217. The van der Waals surface area contributed by atoms with Gasteiger partial charge in [0.1, 0.15) is 5.75 Å². The van der Waals surface area contributed by atoms with Crippen LogP contribution in [0.4, 0.5) is 4.39 Å². The zero-order valence-electron chi connectivity index (χ0n) is 17.7. The van der Waals surface area contributed by atoms with E-state index in [0.29, 0.717) is 18.1 Å². The van der Waals surface area contributed by atoms with Crippen LogP contribution >= 0.6 is 0 Å². The molecule has 3 aromatic heterocycles. The predicted molar refractivity (Wildman–Crippen MR) is 115 cm³/mol. The van der Waals surface area contributed by atoms with Crippen molar-refractivity contribution in [3.8, 4) is 17.5 Å². The van der Waals surface area contributed by atoms with Crippen LogP contribution in [-0.4, -0.2) is 30.9 Å². The molecular weight excluding hydrogens is 413 g/mol. The molecule has 8 nitrogen and oxygen atoms in total. The number of halogens is 1. The molecule has 0 amide bonds. The van der Waals surface area contributed by atoms with E-state index in [2.05, 4.69) is 15.1 Å². The lowest BCUT2D eigenvalue weighted by molar-refractivity contribution is 0.287. The summed E-state index contributed by atoms with van der Waals surface area (Å²) in [5, 5.41) is 4.03. The Kier molecular flexibility index (Phi) is 6.25. The van der Waals surface area contributed by atoms with Crippen LogP contribution in [-0.2, 0) is 20.0 Å². The normalized spacial score (nSPS) is 10.8. The van der Waals surface area contributed by atoms with Gasteiger partial charge in [-0.15, -0.1) is 0 Å². The molecule has 0 aliphatic heterocycles. The Morgan fingerprint density at radius 3 is 2.56 bits per heavy atom. The van der Waals surface area contributed by atoms with E-state index in [-0.39, 0.29) is 19.0 Å². The Labute approximate surface area is 183 Å². The van der Waals surface area contributed by atoms with Gasteiger partial charge in [-0.2, -0.15) is 14.5 Å².